The molecule has 1 amide bonds. The van der Waals surface area contributed by atoms with E-state index in [0.29, 0.717) is 11.3 Å². The number of anilines is 2. The molecule has 0 radical (unpaired) electrons. The Morgan fingerprint density at radius 1 is 1.04 bits per heavy atom. The Kier molecular flexibility index (Phi) is 5.89. The van der Waals surface area contributed by atoms with Crippen molar-refractivity contribution >= 4 is 23.3 Å². The molecule has 0 saturated heterocycles. The molecule has 0 aromatic heterocycles. The number of carbonyl (C=O) groups is 2. The summed E-state index contributed by atoms with van der Waals surface area (Å²) in [5, 5.41) is 2.65. The summed E-state index contributed by atoms with van der Waals surface area (Å²) in [6, 6.07) is 12.8. The minimum absolute atomic E-state index is 0.00884. The van der Waals surface area contributed by atoms with Gasteiger partial charge in [-0.2, -0.15) is 0 Å². The second-order valence-corrected chi connectivity index (χ2v) is 5.45. The van der Waals surface area contributed by atoms with Crippen LogP contribution in [0.15, 0.2) is 48.5 Å². The molecule has 0 unspecified atom stereocenters. The zero-order chi connectivity index (χ0) is 17.5. The highest BCUT2D eigenvalue weighted by Crippen LogP contribution is 2.15. The number of nitrogens with zero attached hydrogens (tertiary/aromatic N) is 1. The molecule has 24 heavy (non-hydrogen) atoms. The van der Waals surface area contributed by atoms with Crippen molar-refractivity contribution in [2.75, 3.05) is 30.9 Å². The standard InChI is InChI=1S/C18H19FN2O3/c1-21(2)16-9-7-15(8-10-16)20-17(22)12-24-18(23)11-13-3-5-14(19)6-4-13/h3-10H,11-12H2,1-2H3,(H,20,22). The highest BCUT2D eigenvalue weighted by molar-refractivity contribution is 5.93. The molecule has 2 aromatic rings. The molecule has 2 rings (SSSR count). The Morgan fingerprint density at radius 2 is 1.67 bits per heavy atom. The van der Waals surface area contributed by atoms with E-state index in [4.69, 9.17) is 4.74 Å². The first-order valence-corrected chi connectivity index (χ1v) is 7.41. The summed E-state index contributed by atoms with van der Waals surface area (Å²) in [6.45, 7) is -0.366. The van der Waals surface area contributed by atoms with Gasteiger partial charge in [-0.3, -0.25) is 9.59 Å². The number of nitrogens with one attached hydrogen (secondary N) is 1. The van der Waals surface area contributed by atoms with Crippen molar-refractivity contribution in [3.8, 4) is 0 Å². The summed E-state index contributed by atoms with van der Waals surface area (Å²) in [4.78, 5) is 25.4. The normalized spacial score (nSPS) is 10.1. The van der Waals surface area contributed by atoms with Crippen molar-refractivity contribution < 1.29 is 18.7 Å². The number of esters is 1. The van der Waals surface area contributed by atoms with Crippen molar-refractivity contribution in [2.45, 2.75) is 6.42 Å². The van der Waals surface area contributed by atoms with Gasteiger partial charge in [-0.15, -0.1) is 0 Å². The summed E-state index contributed by atoms with van der Waals surface area (Å²) in [5.74, 6) is -1.33. The highest BCUT2D eigenvalue weighted by Gasteiger charge is 2.09. The molecule has 126 valence electrons. The van der Waals surface area contributed by atoms with Crippen LogP contribution < -0.4 is 10.2 Å². The van der Waals surface area contributed by atoms with Gasteiger partial charge in [-0.05, 0) is 42.0 Å². The van der Waals surface area contributed by atoms with Gasteiger partial charge in [0.2, 0.25) is 0 Å². The van der Waals surface area contributed by atoms with Crippen LogP contribution >= 0.6 is 0 Å². The first-order valence-electron chi connectivity index (χ1n) is 7.41. The molecule has 6 heteroatoms. The maximum absolute atomic E-state index is 12.8. The smallest absolute Gasteiger partial charge is 0.310 e. The topological polar surface area (TPSA) is 58.6 Å². The van der Waals surface area contributed by atoms with Crippen LogP contribution in [0.5, 0.6) is 0 Å². The van der Waals surface area contributed by atoms with Crippen molar-refractivity contribution in [1.29, 1.82) is 0 Å². The number of rotatable bonds is 6. The number of hydrogen-bond acceptors (Lipinski definition) is 4. The Morgan fingerprint density at radius 3 is 2.25 bits per heavy atom. The van der Waals surface area contributed by atoms with Gasteiger partial charge >= 0.3 is 5.97 Å². The number of carbonyl (C=O) groups excluding carboxylic acids is 2. The molecule has 0 fully saturated rings. The average molecular weight is 330 g/mol. The van der Waals surface area contributed by atoms with Crippen LogP contribution in [-0.4, -0.2) is 32.6 Å². The zero-order valence-corrected chi connectivity index (χ0v) is 13.6. The zero-order valence-electron chi connectivity index (χ0n) is 13.6. The molecule has 0 heterocycles. The van der Waals surface area contributed by atoms with Gasteiger partial charge < -0.3 is 15.0 Å². The minimum Gasteiger partial charge on any atom is -0.455 e. The van der Waals surface area contributed by atoms with Crippen molar-refractivity contribution in [2.24, 2.45) is 0 Å². The van der Waals surface area contributed by atoms with Crippen LogP contribution in [0, 0.1) is 5.82 Å². The van der Waals surface area contributed by atoms with E-state index in [0.717, 1.165) is 5.69 Å². The van der Waals surface area contributed by atoms with E-state index in [1.165, 1.54) is 24.3 Å². The van der Waals surface area contributed by atoms with Gasteiger partial charge in [-0.1, -0.05) is 12.1 Å². The fraction of sp³-hybridized carbons (Fsp3) is 0.222. The van der Waals surface area contributed by atoms with Gasteiger partial charge in [0.1, 0.15) is 5.82 Å². The summed E-state index contributed by atoms with van der Waals surface area (Å²) in [5.41, 5.74) is 2.26. The lowest BCUT2D eigenvalue weighted by molar-refractivity contribution is -0.146. The van der Waals surface area contributed by atoms with Crippen molar-refractivity contribution in [3.05, 3.63) is 59.9 Å². The van der Waals surface area contributed by atoms with E-state index < -0.39 is 11.9 Å². The van der Waals surface area contributed by atoms with Crippen molar-refractivity contribution in [1.82, 2.24) is 0 Å². The molecule has 1 N–H and O–H groups in total. The van der Waals surface area contributed by atoms with E-state index in [2.05, 4.69) is 5.32 Å². The fourth-order valence-corrected chi connectivity index (χ4v) is 2.01. The van der Waals surface area contributed by atoms with E-state index in [-0.39, 0.29) is 18.8 Å². The third-order valence-corrected chi connectivity index (χ3v) is 3.29. The van der Waals surface area contributed by atoms with E-state index in [1.807, 2.05) is 31.1 Å². The number of ether oxygens (including phenoxy) is 1. The summed E-state index contributed by atoms with van der Waals surface area (Å²) in [7, 11) is 3.85. The molecule has 0 aliphatic heterocycles. The van der Waals surface area contributed by atoms with Crippen LogP contribution in [0.4, 0.5) is 15.8 Å². The predicted octanol–water partition coefficient (Wildman–Crippen LogP) is 2.62. The molecule has 5 nitrogen and oxygen atoms in total. The van der Waals surface area contributed by atoms with Crippen LogP contribution in [-0.2, 0) is 20.7 Å². The van der Waals surface area contributed by atoms with Crippen molar-refractivity contribution in [3.63, 3.8) is 0 Å². The maximum Gasteiger partial charge on any atom is 0.310 e. The summed E-state index contributed by atoms with van der Waals surface area (Å²) < 4.78 is 17.7. The molecule has 0 saturated carbocycles. The lowest BCUT2D eigenvalue weighted by atomic mass is 10.1. The van der Waals surface area contributed by atoms with Gasteiger partial charge in [0.05, 0.1) is 6.42 Å². The van der Waals surface area contributed by atoms with Crippen LogP contribution in [0.25, 0.3) is 0 Å². The van der Waals surface area contributed by atoms with E-state index in [1.54, 1.807) is 12.1 Å². The molecule has 0 spiro atoms. The number of halogens is 1. The molecule has 0 bridgehead atoms. The van der Waals surface area contributed by atoms with E-state index >= 15 is 0 Å². The quantitative estimate of drug-likeness (QED) is 0.827. The van der Waals surface area contributed by atoms with Crippen LogP contribution in [0.2, 0.25) is 0 Å². The first-order chi connectivity index (χ1) is 11.4. The van der Waals surface area contributed by atoms with Gasteiger partial charge in [0.15, 0.2) is 6.61 Å². The Labute approximate surface area is 140 Å². The third-order valence-electron chi connectivity index (χ3n) is 3.29. The third kappa shape index (κ3) is 5.39. The van der Waals surface area contributed by atoms with Crippen LogP contribution in [0.3, 0.4) is 0 Å². The Balaban J connectivity index is 1.77. The lowest BCUT2D eigenvalue weighted by Gasteiger charge is -2.13. The lowest BCUT2D eigenvalue weighted by Crippen LogP contribution is -2.21. The second-order valence-electron chi connectivity index (χ2n) is 5.45. The van der Waals surface area contributed by atoms with E-state index in [9.17, 15) is 14.0 Å². The molecule has 0 aliphatic rings. The minimum atomic E-state index is -0.542. The molecular weight excluding hydrogens is 311 g/mol. The fourth-order valence-electron chi connectivity index (χ4n) is 2.01. The van der Waals surface area contributed by atoms with Crippen LogP contribution in [0.1, 0.15) is 5.56 Å². The predicted molar refractivity (Wildman–Crippen MR) is 90.5 cm³/mol. The molecule has 0 atom stereocenters. The summed E-state index contributed by atoms with van der Waals surface area (Å²) in [6.07, 6.45) is -0.00884. The van der Waals surface area contributed by atoms with Gasteiger partial charge in [0, 0.05) is 25.5 Å². The SMILES string of the molecule is CN(C)c1ccc(NC(=O)COC(=O)Cc2ccc(F)cc2)cc1. The largest absolute Gasteiger partial charge is 0.455 e. The molecule has 2 aromatic carbocycles. The first kappa shape index (κ1) is 17.5. The highest BCUT2D eigenvalue weighted by atomic mass is 19.1. The number of amides is 1. The van der Waals surface area contributed by atoms with Gasteiger partial charge in [-0.25, -0.2) is 4.39 Å². The molecule has 0 aliphatic carbocycles. The van der Waals surface area contributed by atoms with Gasteiger partial charge in [0.25, 0.3) is 5.91 Å². The Hall–Kier alpha value is -2.89. The monoisotopic (exact) mass is 330 g/mol. The Bertz CT molecular complexity index is 697. The average Bonchev–Trinajstić information content (AvgIpc) is 2.55. The second kappa shape index (κ2) is 8.10. The number of benzene rings is 2. The maximum atomic E-state index is 12.8. The number of hydrogen-bond donors (Lipinski definition) is 1. The molecular formula is C18H19FN2O3. The summed E-state index contributed by atoms with van der Waals surface area (Å²) >= 11 is 0.